The van der Waals surface area contributed by atoms with Crippen LogP contribution < -0.4 is 0 Å². The molecule has 0 amide bonds. The molecule has 1 aliphatic rings. The fourth-order valence-corrected chi connectivity index (χ4v) is 2.45. The monoisotopic (exact) mass is 284 g/mol. The number of rotatable bonds is 5. The summed E-state index contributed by atoms with van der Waals surface area (Å²) in [5.74, 6) is 0.985. The molecule has 1 aromatic heterocycles. The molecule has 2 aromatic rings. The van der Waals surface area contributed by atoms with Crippen LogP contribution in [-0.2, 0) is 11.3 Å². The number of nitrogens with zero attached hydrogens (tertiary/aromatic N) is 2. The second-order valence-corrected chi connectivity index (χ2v) is 5.86. The van der Waals surface area contributed by atoms with Crippen LogP contribution in [0.2, 0.25) is 0 Å². The fourth-order valence-electron chi connectivity index (χ4n) is 2.45. The van der Waals surface area contributed by atoms with E-state index in [9.17, 15) is 4.79 Å². The maximum Gasteiger partial charge on any atom is 0.341 e. The summed E-state index contributed by atoms with van der Waals surface area (Å²) in [6, 6.07) is 10.1. The minimum atomic E-state index is -0.258. The summed E-state index contributed by atoms with van der Waals surface area (Å²) < 4.78 is 7.21. The molecule has 3 rings (SSSR count). The summed E-state index contributed by atoms with van der Waals surface area (Å²) >= 11 is 0. The number of carbonyl (C=O) groups is 1. The second kappa shape index (κ2) is 5.72. The highest BCUT2D eigenvalue weighted by molar-refractivity contribution is 5.90. The SMILES string of the molecule is Cc1c(C(=O)OCC2CC2C)cnn1Cc1ccccc1. The molecule has 0 bridgehead atoms. The van der Waals surface area contributed by atoms with E-state index in [1.54, 1.807) is 6.20 Å². The third kappa shape index (κ3) is 3.15. The van der Waals surface area contributed by atoms with Crippen molar-refractivity contribution in [3.05, 3.63) is 53.3 Å². The molecule has 0 aliphatic heterocycles. The van der Waals surface area contributed by atoms with E-state index in [1.165, 1.54) is 6.42 Å². The highest BCUT2D eigenvalue weighted by Gasteiger charge is 2.33. The van der Waals surface area contributed by atoms with E-state index in [4.69, 9.17) is 4.74 Å². The third-order valence-corrected chi connectivity index (χ3v) is 4.20. The van der Waals surface area contributed by atoms with Crippen molar-refractivity contribution in [2.45, 2.75) is 26.8 Å². The van der Waals surface area contributed by atoms with Gasteiger partial charge >= 0.3 is 5.97 Å². The smallest absolute Gasteiger partial charge is 0.341 e. The zero-order valence-corrected chi connectivity index (χ0v) is 12.5. The number of esters is 1. The van der Waals surface area contributed by atoms with Crippen LogP contribution in [0.25, 0.3) is 0 Å². The molecule has 2 unspecified atom stereocenters. The Kier molecular flexibility index (Phi) is 3.78. The van der Waals surface area contributed by atoms with Gasteiger partial charge in [-0.3, -0.25) is 4.68 Å². The predicted octanol–water partition coefficient (Wildman–Crippen LogP) is 3.05. The first-order valence-electron chi connectivity index (χ1n) is 7.38. The van der Waals surface area contributed by atoms with E-state index in [1.807, 2.05) is 41.9 Å². The maximum absolute atomic E-state index is 12.1. The van der Waals surface area contributed by atoms with Crippen molar-refractivity contribution in [1.29, 1.82) is 0 Å². The molecule has 0 radical (unpaired) electrons. The lowest BCUT2D eigenvalue weighted by molar-refractivity contribution is 0.0480. The Morgan fingerprint density at radius 1 is 1.38 bits per heavy atom. The Hall–Kier alpha value is -2.10. The number of ether oxygens (including phenoxy) is 1. The molecule has 1 heterocycles. The van der Waals surface area contributed by atoms with Crippen LogP contribution in [0.4, 0.5) is 0 Å². The zero-order valence-electron chi connectivity index (χ0n) is 12.5. The van der Waals surface area contributed by atoms with Gasteiger partial charge in [-0.25, -0.2) is 4.79 Å². The van der Waals surface area contributed by atoms with Crippen molar-refractivity contribution in [2.24, 2.45) is 11.8 Å². The number of benzene rings is 1. The highest BCUT2D eigenvalue weighted by Crippen LogP contribution is 2.37. The van der Waals surface area contributed by atoms with Gasteiger partial charge in [0, 0.05) is 0 Å². The lowest BCUT2D eigenvalue weighted by Gasteiger charge is -2.06. The third-order valence-electron chi connectivity index (χ3n) is 4.20. The average molecular weight is 284 g/mol. The molecule has 2 atom stereocenters. The summed E-state index contributed by atoms with van der Waals surface area (Å²) in [6.45, 7) is 5.29. The van der Waals surface area contributed by atoms with E-state index in [0.29, 0.717) is 30.6 Å². The van der Waals surface area contributed by atoms with Crippen LogP contribution >= 0.6 is 0 Å². The summed E-state index contributed by atoms with van der Waals surface area (Å²) in [5, 5.41) is 4.31. The molecule has 4 nitrogen and oxygen atoms in total. The van der Waals surface area contributed by atoms with Crippen LogP contribution in [0.1, 0.15) is 35.0 Å². The van der Waals surface area contributed by atoms with Gasteiger partial charge in [0.1, 0.15) is 5.56 Å². The van der Waals surface area contributed by atoms with Gasteiger partial charge in [-0.05, 0) is 30.7 Å². The molecular formula is C17H20N2O2. The van der Waals surface area contributed by atoms with Crippen molar-refractivity contribution >= 4 is 5.97 Å². The van der Waals surface area contributed by atoms with Gasteiger partial charge in [0.15, 0.2) is 0 Å². The quantitative estimate of drug-likeness (QED) is 0.793. The number of carbonyl (C=O) groups excluding carboxylic acids is 1. The lowest BCUT2D eigenvalue weighted by Crippen LogP contribution is -2.10. The van der Waals surface area contributed by atoms with E-state index in [2.05, 4.69) is 12.0 Å². The summed E-state index contributed by atoms with van der Waals surface area (Å²) in [4.78, 5) is 12.1. The molecule has 0 N–H and O–H groups in total. The van der Waals surface area contributed by atoms with Crippen LogP contribution in [0.15, 0.2) is 36.5 Å². The minimum absolute atomic E-state index is 0.258. The van der Waals surface area contributed by atoms with Crippen LogP contribution in [-0.4, -0.2) is 22.4 Å². The Morgan fingerprint density at radius 3 is 2.76 bits per heavy atom. The average Bonchev–Trinajstić information content (AvgIpc) is 3.09. The Morgan fingerprint density at radius 2 is 2.10 bits per heavy atom. The predicted molar refractivity (Wildman–Crippen MR) is 80.1 cm³/mol. The van der Waals surface area contributed by atoms with Gasteiger partial charge < -0.3 is 4.74 Å². The normalized spacial score (nSPS) is 20.3. The standard InChI is InChI=1S/C17H20N2O2/c1-12-8-15(12)11-21-17(20)16-9-18-19(13(16)2)10-14-6-4-3-5-7-14/h3-7,9,12,15H,8,10-11H2,1-2H3. The minimum Gasteiger partial charge on any atom is -0.462 e. The first-order valence-corrected chi connectivity index (χ1v) is 7.38. The first kappa shape index (κ1) is 13.9. The molecule has 0 spiro atoms. The second-order valence-electron chi connectivity index (χ2n) is 5.86. The summed E-state index contributed by atoms with van der Waals surface area (Å²) in [7, 11) is 0. The summed E-state index contributed by atoms with van der Waals surface area (Å²) in [6.07, 6.45) is 2.77. The molecule has 21 heavy (non-hydrogen) atoms. The Balaban J connectivity index is 1.65. The molecule has 0 saturated heterocycles. The molecule has 1 fully saturated rings. The molecule has 1 aliphatic carbocycles. The van der Waals surface area contributed by atoms with Gasteiger partial charge in [0.05, 0.1) is 25.0 Å². The van der Waals surface area contributed by atoms with Crippen molar-refractivity contribution in [3.63, 3.8) is 0 Å². The molecule has 1 aromatic carbocycles. The first-order chi connectivity index (χ1) is 10.1. The molecule has 4 heteroatoms. The van der Waals surface area contributed by atoms with E-state index < -0.39 is 0 Å². The van der Waals surface area contributed by atoms with Gasteiger partial charge in [0.2, 0.25) is 0 Å². The van der Waals surface area contributed by atoms with Gasteiger partial charge in [-0.1, -0.05) is 37.3 Å². The fraction of sp³-hybridized carbons (Fsp3) is 0.412. The van der Waals surface area contributed by atoms with Crippen LogP contribution in [0, 0.1) is 18.8 Å². The van der Waals surface area contributed by atoms with E-state index >= 15 is 0 Å². The van der Waals surface area contributed by atoms with E-state index in [0.717, 1.165) is 11.3 Å². The van der Waals surface area contributed by atoms with Crippen LogP contribution in [0.3, 0.4) is 0 Å². The molecular weight excluding hydrogens is 264 g/mol. The topological polar surface area (TPSA) is 44.1 Å². The Labute approximate surface area is 124 Å². The summed E-state index contributed by atoms with van der Waals surface area (Å²) in [5.41, 5.74) is 2.59. The number of hydrogen-bond acceptors (Lipinski definition) is 3. The lowest BCUT2D eigenvalue weighted by atomic mass is 10.2. The largest absolute Gasteiger partial charge is 0.462 e. The zero-order chi connectivity index (χ0) is 14.8. The van der Waals surface area contributed by atoms with Crippen molar-refractivity contribution < 1.29 is 9.53 Å². The maximum atomic E-state index is 12.1. The van der Waals surface area contributed by atoms with E-state index in [-0.39, 0.29) is 5.97 Å². The Bertz CT molecular complexity index is 633. The highest BCUT2D eigenvalue weighted by atomic mass is 16.5. The van der Waals surface area contributed by atoms with Gasteiger partial charge in [0.25, 0.3) is 0 Å². The number of aromatic nitrogens is 2. The van der Waals surface area contributed by atoms with Crippen molar-refractivity contribution in [2.75, 3.05) is 6.61 Å². The number of hydrogen-bond donors (Lipinski definition) is 0. The molecule has 110 valence electrons. The van der Waals surface area contributed by atoms with Crippen LogP contribution in [0.5, 0.6) is 0 Å². The van der Waals surface area contributed by atoms with Crippen molar-refractivity contribution in [3.8, 4) is 0 Å². The van der Waals surface area contributed by atoms with Crippen molar-refractivity contribution in [1.82, 2.24) is 9.78 Å². The molecule has 1 saturated carbocycles. The van der Waals surface area contributed by atoms with Gasteiger partial charge in [-0.15, -0.1) is 0 Å². The van der Waals surface area contributed by atoms with Gasteiger partial charge in [-0.2, -0.15) is 5.10 Å².